The number of nitrogens with zero attached hydrogens (tertiary/aromatic N) is 2. The molecule has 4 nitrogen and oxygen atoms in total. The van der Waals surface area contributed by atoms with Crippen LogP contribution in [0.2, 0.25) is 0 Å². The average molecular weight is 342 g/mol. The number of carbonyl (C=O) groups excluding carboxylic acids is 1. The minimum atomic E-state index is 0.0444. The van der Waals surface area contributed by atoms with Crippen molar-refractivity contribution in [3.8, 4) is 0 Å². The summed E-state index contributed by atoms with van der Waals surface area (Å²) >= 11 is 0. The van der Waals surface area contributed by atoms with Crippen LogP contribution in [0.3, 0.4) is 0 Å². The largest absolute Gasteiger partial charge is 0.466 e. The smallest absolute Gasteiger partial charge is 0.310 e. The zero-order chi connectivity index (χ0) is 17.3. The van der Waals surface area contributed by atoms with Gasteiger partial charge in [-0.05, 0) is 51.1 Å². The van der Waals surface area contributed by atoms with Crippen LogP contribution < -0.4 is 0 Å². The summed E-state index contributed by atoms with van der Waals surface area (Å²) in [5.41, 5.74) is 1.64. The zero-order valence-corrected chi connectivity index (χ0v) is 15.3. The van der Waals surface area contributed by atoms with Gasteiger partial charge in [-0.15, -0.1) is 0 Å². The van der Waals surface area contributed by atoms with E-state index >= 15 is 0 Å². The van der Waals surface area contributed by atoms with Crippen LogP contribution in [0.15, 0.2) is 30.3 Å². The van der Waals surface area contributed by atoms with E-state index in [1.165, 1.54) is 37.8 Å². The van der Waals surface area contributed by atoms with Crippen LogP contribution in [0.1, 0.15) is 44.6 Å². The molecule has 1 aromatic rings. The van der Waals surface area contributed by atoms with E-state index in [1.54, 1.807) is 0 Å². The maximum atomic E-state index is 12.5. The van der Waals surface area contributed by atoms with Gasteiger partial charge in [0.2, 0.25) is 0 Å². The van der Waals surface area contributed by atoms with Crippen LogP contribution in [-0.2, 0) is 16.1 Å². The lowest BCUT2D eigenvalue weighted by atomic mass is 9.81. The lowest BCUT2D eigenvalue weighted by Crippen LogP contribution is -2.52. The Morgan fingerprint density at radius 2 is 1.96 bits per heavy atom. The molecular weight excluding hydrogens is 312 g/mol. The van der Waals surface area contributed by atoms with Gasteiger partial charge in [0.25, 0.3) is 0 Å². The molecule has 0 N–H and O–H groups in total. The van der Waals surface area contributed by atoms with Gasteiger partial charge in [-0.25, -0.2) is 0 Å². The molecule has 136 valence electrons. The highest BCUT2D eigenvalue weighted by Gasteiger charge is 2.56. The summed E-state index contributed by atoms with van der Waals surface area (Å²) in [7, 11) is 0. The van der Waals surface area contributed by atoms with Gasteiger partial charge in [0, 0.05) is 31.2 Å². The minimum absolute atomic E-state index is 0.0444. The number of rotatable bonds is 4. The number of benzene rings is 1. The first kappa shape index (κ1) is 17.0. The fraction of sp³-hybridized carbons (Fsp3) is 0.667. The monoisotopic (exact) mass is 342 g/mol. The lowest BCUT2D eigenvalue weighted by Gasteiger charge is -2.45. The van der Waals surface area contributed by atoms with E-state index in [4.69, 9.17) is 4.74 Å². The molecule has 0 aliphatic carbocycles. The Balaban J connectivity index is 1.42. The van der Waals surface area contributed by atoms with Crippen LogP contribution in [-0.4, -0.2) is 53.6 Å². The maximum Gasteiger partial charge on any atom is 0.310 e. The first-order chi connectivity index (χ1) is 12.2. The van der Waals surface area contributed by atoms with E-state index in [1.807, 2.05) is 6.92 Å². The standard InChI is InChI=1S/C21H30N2O2/c1-2-25-20(24)18-15-21(23-12-6-9-19(18)23)10-13-22(14-11-21)16-17-7-4-3-5-8-17/h3-5,7-8,18-19H,2,6,9-16H2,1H3/t18-,19+/m0/s1. The normalized spacial score (nSPS) is 29.0. The molecule has 1 spiro atoms. The molecular formula is C21H30N2O2. The third kappa shape index (κ3) is 3.22. The zero-order valence-electron chi connectivity index (χ0n) is 15.3. The number of fused-ring (bicyclic) bond motifs is 2. The molecule has 3 aliphatic rings. The molecule has 0 bridgehead atoms. The Labute approximate surface area is 151 Å². The predicted molar refractivity (Wildman–Crippen MR) is 98.2 cm³/mol. The second-order valence-corrected chi connectivity index (χ2v) is 7.95. The first-order valence-corrected chi connectivity index (χ1v) is 9.91. The third-order valence-electron chi connectivity index (χ3n) is 6.60. The highest BCUT2D eigenvalue weighted by molar-refractivity contribution is 5.74. The summed E-state index contributed by atoms with van der Waals surface area (Å²) in [6.07, 6.45) is 5.78. The summed E-state index contributed by atoms with van der Waals surface area (Å²) in [5.74, 6) is 0.145. The van der Waals surface area contributed by atoms with Crippen molar-refractivity contribution < 1.29 is 9.53 Å². The summed E-state index contributed by atoms with van der Waals surface area (Å²) in [6.45, 7) is 6.89. The first-order valence-electron chi connectivity index (χ1n) is 9.91. The van der Waals surface area contributed by atoms with Gasteiger partial charge in [0.1, 0.15) is 0 Å². The van der Waals surface area contributed by atoms with E-state index in [2.05, 4.69) is 40.1 Å². The topological polar surface area (TPSA) is 32.8 Å². The lowest BCUT2D eigenvalue weighted by molar-refractivity contribution is -0.148. The Bertz CT molecular complexity index is 595. The molecule has 2 atom stereocenters. The summed E-state index contributed by atoms with van der Waals surface area (Å²) in [6, 6.07) is 11.2. The van der Waals surface area contributed by atoms with Crippen LogP contribution >= 0.6 is 0 Å². The maximum absolute atomic E-state index is 12.5. The van der Waals surface area contributed by atoms with Crippen molar-refractivity contribution in [2.75, 3.05) is 26.2 Å². The number of piperidine rings is 1. The van der Waals surface area contributed by atoms with Crippen LogP contribution in [0.4, 0.5) is 0 Å². The molecule has 0 saturated carbocycles. The Morgan fingerprint density at radius 3 is 2.68 bits per heavy atom. The molecule has 4 heteroatoms. The number of carbonyl (C=O) groups is 1. The van der Waals surface area contributed by atoms with Crippen LogP contribution in [0, 0.1) is 5.92 Å². The van der Waals surface area contributed by atoms with Crippen molar-refractivity contribution in [3.63, 3.8) is 0 Å². The van der Waals surface area contributed by atoms with Gasteiger partial charge in [-0.1, -0.05) is 30.3 Å². The Hall–Kier alpha value is -1.39. The number of likely N-dealkylation sites (tertiary alicyclic amines) is 1. The number of ether oxygens (including phenoxy) is 1. The van der Waals surface area contributed by atoms with E-state index in [0.29, 0.717) is 12.6 Å². The van der Waals surface area contributed by atoms with Crippen molar-refractivity contribution >= 4 is 5.97 Å². The Kier molecular flexibility index (Phi) is 4.83. The van der Waals surface area contributed by atoms with Gasteiger partial charge in [-0.2, -0.15) is 0 Å². The Morgan fingerprint density at radius 1 is 1.20 bits per heavy atom. The molecule has 25 heavy (non-hydrogen) atoms. The van der Waals surface area contributed by atoms with Crippen molar-refractivity contribution in [1.82, 2.24) is 9.80 Å². The fourth-order valence-electron chi connectivity index (χ4n) is 5.41. The summed E-state index contributed by atoms with van der Waals surface area (Å²) in [4.78, 5) is 17.7. The van der Waals surface area contributed by atoms with Crippen LogP contribution in [0.5, 0.6) is 0 Å². The molecule has 3 heterocycles. The SMILES string of the molecule is CCOC(=O)[C@H]1CC2(CCN(Cc3ccccc3)CC2)N2CCC[C@H]12. The van der Waals surface area contributed by atoms with E-state index < -0.39 is 0 Å². The van der Waals surface area contributed by atoms with Crippen molar-refractivity contribution in [3.05, 3.63) is 35.9 Å². The van der Waals surface area contributed by atoms with Gasteiger partial charge in [-0.3, -0.25) is 14.6 Å². The van der Waals surface area contributed by atoms with Gasteiger partial charge in [0.05, 0.1) is 12.5 Å². The molecule has 1 aromatic carbocycles. The highest BCUT2D eigenvalue weighted by Crippen LogP contribution is 2.49. The van der Waals surface area contributed by atoms with Gasteiger partial charge in [0.15, 0.2) is 0 Å². The second-order valence-electron chi connectivity index (χ2n) is 7.95. The van der Waals surface area contributed by atoms with E-state index in [0.717, 1.165) is 26.1 Å². The number of hydrogen-bond acceptors (Lipinski definition) is 4. The predicted octanol–water partition coefficient (Wildman–Crippen LogP) is 3.07. The molecule has 0 unspecified atom stereocenters. The molecule has 0 amide bonds. The summed E-state index contributed by atoms with van der Waals surface area (Å²) in [5, 5.41) is 0. The number of hydrogen-bond donors (Lipinski definition) is 0. The van der Waals surface area contributed by atoms with Gasteiger partial charge < -0.3 is 4.74 Å². The highest BCUT2D eigenvalue weighted by atomic mass is 16.5. The van der Waals surface area contributed by atoms with Crippen molar-refractivity contribution in [2.45, 2.75) is 57.2 Å². The van der Waals surface area contributed by atoms with E-state index in [-0.39, 0.29) is 17.4 Å². The third-order valence-corrected chi connectivity index (χ3v) is 6.60. The molecule has 0 radical (unpaired) electrons. The van der Waals surface area contributed by atoms with E-state index in [9.17, 15) is 4.79 Å². The van der Waals surface area contributed by atoms with Crippen molar-refractivity contribution in [1.29, 1.82) is 0 Å². The van der Waals surface area contributed by atoms with Crippen molar-refractivity contribution in [2.24, 2.45) is 5.92 Å². The quantitative estimate of drug-likeness (QED) is 0.788. The van der Waals surface area contributed by atoms with Crippen LogP contribution in [0.25, 0.3) is 0 Å². The summed E-state index contributed by atoms with van der Waals surface area (Å²) < 4.78 is 5.39. The second kappa shape index (κ2) is 7.08. The molecule has 3 fully saturated rings. The molecule has 3 aliphatic heterocycles. The van der Waals surface area contributed by atoms with Gasteiger partial charge >= 0.3 is 5.97 Å². The molecule has 0 aromatic heterocycles. The minimum Gasteiger partial charge on any atom is -0.466 e. The average Bonchev–Trinajstić information content (AvgIpc) is 3.22. The number of esters is 1. The molecule has 4 rings (SSSR count). The molecule has 3 saturated heterocycles. The fourth-order valence-corrected chi connectivity index (χ4v) is 5.41.